The molecule has 0 saturated heterocycles. The lowest BCUT2D eigenvalue weighted by Gasteiger charge is -2.15. The number of aliphatic hydroxyl groups excluding tert-OH is 1. The lowest BCUT2D eigenvalue weighted by molar-refractivity contribution is -0.150. The van der Waals surface area contributed by atoms with Gasteiger partial charge in [-0.1, -0.05) is 45.7 Å². The third kappa shape index (κ3) is 6.35. The first-order valence-corrected chi connectivity index (χ1v) is 8.96. The number of ether oxygens (including phenoxy) is 1. The van der Waals surface area contributed by atoms with Gasteiger partial charge in [0, 0.05) is 10.0 Å². The van der Waals surface area contributed by atoms with Gasteiger partial charge in [-0.3, -0.25) is 9.59 Å². The predicted octanol–water partition coefficient (Wildman–Crippen LogP) is 2.38. The highest BCUT2D eigenvalue weighted by atomic mass is 79.9. The molecule has 0 fully saturated rings. The smallest absolute Gasteiger partial charge is 0.331 e. The minimum atomic E-state index is -1.29. The normalized spacial score (nSPS) is 11.4. The molecule has 0 aliphatic heterocycles. The Morgan fingerprint density at radius 1 is 1.15 bits per heavy atom. The number of anilines is 1. The van der Waals surface area contributed by atoms with E-state index in [9.17, 15) is 19.5 Å². The summed E-state index contributed by atoms with van der Waals surface area (Å²) in [6.07, 6.45) is 0. The molecule has 0 aromatic heterocycles. The molecule has 27 heavy (non-hydrogen) atoms. The van der Waals surface area contributed by atoms with Crippen molar-refractivity contribution >= 4 is 51.0 Å². The average molecular weight is 456 g/mol. The number of hydrogen-bond acceptors (Lipinski definition) is 5. The van der Waals surface area contributed by atoms with E-state index in [0.717, 1.165) is 4.47 Å². The number of halogens is 2. The van der Waals surface area contributed by atoms with E-state index >= 15 is 0 Å². The summed E-state index contributed by atoms with van der Waals surface area (Å²) in [7, 11) is 0. The summed E-state index contributed by atoms with van der Waals surface area (Å²) < 4.78 is 5.60. The third-order valence-corrected chi connectivity index (χ3v) is 4.17. The highest BCUT2D eigenvalue weighted by Gasteiger charge is 2.23. The Labute approximate surface area is 168 Å². The van der Waals surface area contributed by atoms with Crippen LogP contribution in [-0.4, -0.2) is 42.1 Å². The van der Waals surface area contributed by atoms with E-state index in [0.29, 0.717) is 16.3 Å². The number of carbonyl (C=O) groups is 3. The van der Waals surface area contributed by atoms with E-state index in [1.165, 1.54) is 0 Å². The van der Waals surface area contributed by atoms with E-state index in [-0.39, 0.29) is 0 Å². The minimum absolute atomic E-state index is 0.312. The molecule has 0 aliphatic rings. The van der Waals surface area contributed by atoms with Crippen LogP contribution in [0.25, 0.3) is 0 Å². The van der Waals surface area contributed by atoms with Crippen LogP contribution in [0.4, 0.5) is 5.69 Å². The van der Waals surface area contributed by atoms with Crippen LogP contribution in [0, 0.1) is 0 Å². The molecule has 0 saturated carbocycles. The summed E-state index contributed by atoms with van der Waals surface area (Å²) in [5.74, 6) is -2.09. The first kappa shape index (κ1) is 20.9. The fraction of sp³-hybridized carbons (Fsp3) is 0.167. The van der Waals surface area contributed by atoms with Crippen molar-refractivity contribution in [3.8, 4) is 0 Å². The molecule has 0 aliphatic carbocycles. The van der Waals surface area contributed by atoms with Crippen LogP contribution >= 0.6 is 27.5 Å². The fourth-order valence-electron chi connectivity index (χ4n) is 2.02. The van der Waals surface area contributed by atoms with Gasteiger partial charge in [-0.25, -0.2) is 4.79 Å². The molecule has 2 rings (SSSR count). The summed E-state index contributed by atoms with van der Waals surface area (Å²) in [5.41, 5.74) is 0.684. The van der Waals surface area contributed by atoms with Crippen LogP contribution in [0.1, 0.15) is 10.4 Å². The molecule has 0 bridgehead atoms. The number of esters is 1. The highest BCUT2D eigenvalue weighted by molar-refractivity contribution is 9.10. The topological polar surface area (TPSA) is 105 Å². The third-order valence-electron chi connectivity index (χ3n) is 3.36. The lowest BCUT2D eigenvalue weighted by Crippen LogP contribution is -2.45. The molecule has 7 nitrogen and oxygen atoms in total. The number of carbonyl (C=O) groups excluding carboxylic acids is 3. The van der Waals surface area contributed by atoms with Crippen molar-refractivity contribution < 1.29 is 24.2 Å². The van der Waals surface area contributed by atoms with E-state index in [4.69, 9.17) is 16.3 Å². The molecule has 9 heteroatoms. The molecule has 2 amide bonds. The zero-order valence-corrected chi connectivity index (χ0v) is 16.3. The van der Waals surface area contributed by atoms with Crippen LogP contribution in [0.15, 0.2) is 53.0 Å². The van der Waals surface area contributed by atoms with Crippen molar-refractivity contribution in [2.75, 3.05) is 18.5 Å². The Balaban J connectivity index is 1.87. The second-order valence-electron chi connectivity index (χ2n) is 5.35. The van der Waals surface area contributed by atoms with Crippen LogP contribution < -0.4 is 10.6 Å². The van der Waals surface area contributed by atoms with Gasteiger partial charge in [0.25, 0.3) is 11.8 Å². The van der Waals surface area contributed by atoms with E-state index in [2.05, 4.69) is 26.6 Å². The first-order valence-electron chi connectivity index (χ1n) is 7.79. The molecular weight excluding hydrogens is 440 g/mol. The number of rotatable bonds is 7. The largest absolute Gasteiger partial charge is 0.454 e. The van der Waals surface area contributed by atoms with Crippen LogP contribution in [0.3, 0.4) is 0 Å². The zero-order chi connectivity index (χ0) is 19.8. The second kappa shape index (κ2) is 10.1. The zero-order valence-electron chi connectivity index (χ0n) is 13.9. The van der Waals surface area contributed by atoms with Crippen LogP contribution in [-0.2, 0) is 14.3 Å². The Morgan fingerprint density at radius 2 is 1.85 bits per heavy atom. The van der Waals surface area contributed by atoms with Crippen molar-refractivity contribution in [3.63, 3.8) is 0 Å². The summed E-state index contributed by atoms with van der Waals surface area (Å²) >= 11 is 9.24. The van der Waals surface area contributed by atoms with E-state index < -0.39 is 37.0 Å². The molecular formula is C18H16BrClN2O5. The van der Waals surface area contributed by atoms with Crippen molar-refractivity contribution in [1.29, 1.82) is 0 Å². The van der Waals surface area contributed by atoms with Gasteiger partial charge in [0.15, 0.2) is 12.6 Å². The van der Waals surface area contributed by atoms with Gasteiger partial charge in [0.05, 0.1) is 17.3 Å². The molecule has 0 heterocycles. The lowest BCUT2D eigenvalue weighted by atomic mass is 10.2. The Hall–Kier alpha value is -2.42. The van der Waals surface area contributed by atoms with Gasteiger partial charge in [-0.15, -0.1) is 0 Å². The van der Waals surface area contributed by atoms with Gasteiger partial charge >= 0.3 is 5.97 Å². The molecule has 0 spiro atoms. The monoisotopic (exact) mass is 454 g/mol. The van der Waals surface area contributed by atoms with Gasteiger partial charge in [-0.05, 0) is 30.3 Å². The van der Waals surface area contributed by atoms with Gasteiger partial charge in [0.2, 0.25) is 0 Å². The quantitative estimate of drug-likeness (QED) is 0.556. The summed E-state index contributed by atoms with van der Waals surface area (Å²) in [6.45, 7) is -1.26. The molecule has 3 N–H and O–H groups in total. The minimum Gasteiger partial charge on any atom is -0.454 e. The van der Waals surface area contributed by atoms with Crippen molar-refractivity contribution in [1.82, 2.24) is 5.32 Å². The van der Waals surface area contributed by atoms with E-state index in [1.54, 1.807) is 48.5 Å². The van der Waals surface area contributed by atoms with Crippen LogP contribution in [0.5, 0.6) is 0 Å². The van der Waals surface area contributed by atoms with Gasteiger partial charge in [0.1, 0.15) is 0 Å². The number of amides is 2. The molecule has 2 aromatic carbocycles. The standard InChI is InChI=1S/C18H16BrClN2O5/c19-12-6-7-14(13(20)8-12)21-16(24)10-27-18(26)15(9-23)22-17(25)11-4-2-1-3-5-11/h1-8,15,23H,9-10H2,(H,21,24)(H,22,25). The number of nitrogens with one attached hydrogen (secondary N) is 2. The van der Waals surface area contributed by atoms with Crippen molar-refractivity contribution in [3.05, 3.63) is 63.6 Å². The maximum atomic E-state index is 12.0. The number of aliphatic hydroxyl groups is 1. The summed E-state index contributed by atoms with van der Waals surface area (Å²) in [4.78, 5) is 35.9. The predicted molar refractivity (Wildman–Crippen MR) is 104 cm³/mol. The summed E-state index contributed by atoms with van der Waals surface area (Å²) in [6, 6.07) is 11.8. The summed E-state index contributed by atoms with van der Waals surface area (Å²) in [5, 5.41) is 14.5. The van der Waals surface area contributed by atoms with E-state index in [1.807, 2.05) is 0 Å². The highest BCUT2D eigenvalue weighted by Crippen LogP contribution is 2.25. The average Bonchev–Trinajstić information content (AvgIpc) is 2.67. The van der Waals surface area contributed by atoms with Crippen LogP contribution in [0.2, 0.25) is 5.02 Å². The molecule has 0 radical (unpaired) electrons. The maximum absolute atomic E-state index is 12.0. The molecule has 1 unspecified atom stereocenters. The fourth-order valence-corrected chi connectivity index (χ4v) is 2.75. The van der Waals surface area contributed by atoms with Crippen molar-refractivity contribution in [2.45, 2.75) is 6.04 Å². The number of benzene rings is 2. The molecule has 2 aromatic rings. The molecule has 1 atom stereocenters. The Bertz CT molecular complexity index is 832. The Morgan fingerprint density at radius 3 is 2.48 bits per heavy atom. The first-order chi connectivity index (χ1) is 12.9. The van der Waals surface area contributed by atoms with Gasteiger partial charge < -0.3 is 20.5 Å². The second-order valence-corrected chi connectivity index (χ2v) is 6.68. The van der Waals surface area contributed by atoms with Crippen molar-refractivity contribution in [2.24, 2.45) is 0 Å². The molecule has 142 valence electrons. The Kier molecular flexibility index (Phi) is 7.78. The SMILES string of the molecule is O=C(COC(=O)C(CO)NC(=O)c1ccccc1)Nc1ccc(Br)cc1Cl. The van der Waals surface area contributed by atoms with Gasteiger partial charge in [-0.2, -0.15) is 0 Å². The maximum Gasteiger partial charge on any atom is 0.331 e. The number of hydrogen-bond donors (Lipinski definition) is 3.